The minimum atomic E-state index is -0.944. The van der Waals surface area contributed by atoms with E-state index >= 15 is 0 Å². The monoisotopic (exact) mass is 496 g/mol. The Labute approximate surface area is 217 Å². The molecule has 0 bridgehead atoms. The third-order valence-electron chi connectivity index (χ3n) is 5.97. The van der Waals surface area contributed by atoms with Crippen LogP contribution in [0, 0.1) is 18.3 Å². The summed E-state index contributed by atoms with van der Waals surface area (Å²) in [6.07, 6.45) is 9.23. The second-order valence-corrected chi connectivity index (χ2v) is 10.0. The number of anilines is 1. The molecule has 190 valence electrons. The van der Waals surface area contributed by atoms with Gasteiger partial charge in [-0.2, -0.15) is 10.4 Å². The molecule has 0 aliphatic heterocycles. The van der Waals surface area contributed by atoms with Gasteiger partial charge in [0.25, 0.3) is 5.91 Å². The van der Waals surface area contributed by atoms with Gasteiger partial charge >= 0.3 is 0 Å². The maximum Gasteiger partial charge on any atom is 0.251 e. The first-order chi connectivity index (χ1) is 17.6. The lowest BCUT2D eigenvalue weighted by Crippen LogP contribution is -2.29. The highest BCUT2D eigenvalue weighted by atomic mass is 16.3. The molecule has 37 heavy (non-hydrogen) atoms. The smallest absolute Gasteiger partial charge is 0.251 e. The summed E-state index contributed by atoms with van der Waals surface area (Å²) >= 11 is 0. The van der Waals surface area contributed by atoms with Crippen LogP contribution in [0.2, 0.25) is 0 Å². The number of aryl methyl sites for hydroxylation is 1. The van der Waals surface area contributed by atoms with Crippen LogP contribution in [0.5, 0.6) is 0 Å². The van der Waals surface area contributed by atoms with Crippen LogP contribution < -0.4 is 10.6 Å². The summed E-state index contributed by atoms with van der Waals surface area (Å²) in [5.74, 6) is -0.0536. The molecule has 4 rings (SSSR count). The van der Waals surface area contributed by atoms with Crippen LogP contribution in [-0.2, 0) is 0 Å². The topological polar surface area (TPSA) is 115 Å². The molecule has 1 aliphatic carbocycles. The maximum absolute atomic E-state index is 12.6. The molecule has 0 saturated heterocycles. The van der Waals surface area contributed by atoms with Crippen molar-refractivity contribution < 1.29 is 9.90 Å². The lowest BCUT2D eigenvalue weighted by molar-refractivity contribution is 0.0940. The number of fused-ring (bicyclic) bond motifs is 1. The van der Waals surface area contributed by atoms with E-state index in [1.54, 1.807) is 30.6 Å². The predicted octanol–water partition coefficient (Wildman–Crippen LogP) is 4.82. The molecular formula is C29H32N6O2. The van der Waals surface area contributed by atoms with Gasteiger partial charge in [-0.05, 0) is 70.4 Å². The molecule has 1 amide bonds. The molecule has 0 unspecified atom stereocenters. The molecule has 1 fully saturated rings. The van der Waals surface area contributed by atoms with E-state index in [-0.39, 0.29) is 5.91 Å². The number of rotatable bonds is 9. The fraction of sp³-hybridized carbons (Fsp3) is 0.310. The molecule has 8 nitrogen and oxygen atoms in total. The summed E-state index contributed by atoms with van der Waals surface area (Å²) in [6, 6.07) is 9.90. The van der Waals surface area contributed by atoms with Crippen molar-refractivity contribution in [1.29, 1.82) is 5.26 Å². The van der Waals surface area contributed by atoms with Crippen molar-refractivity contribution in [2.45, 2.75) is 52.2 Å². The minimum absolute atomic E-state index is 0.0536. The Balaban J connectivity index is 1.83. The normalized spacial score (nSPS) is 14.1. The van der Waals surface area contributed by atoms with E-state index in [4.69, 9.17) is 5.10 Å². The average molecular weight is 497 g/mol. The molecule has 1 aliphatic rings. The molecule has 3 aromatic rings. The van der Waals surface area contributed by atoms with E-state index in [2.05, 4.69) is 28.3 Å². The number of carbonyl (C=O) groups is 1. The van der Waals surface area contributed by atoms with E-state index in [9.17, 15) is 15.2 Å². The first-order valence-electron chi connectivity index (χ1n) is 12.3. The number of amides is 1. The summed E-state index contributed by atoms with van der Waals surface area (Å²) in [4.78, 5) is 17.2. The Hall–Kier alpha value is -4.22. The highest BCUT2D eigenvalue weighted by Gasteiger charge is 2.25. The van der Waals surface area contributed by atoms with Gasteiger partial charge in [-0.25, -0.2) is 9.50 Å². The van der Waals surface area contributed by atoms with Crippen LogP contribution >= 0.6 is 0 Å². The van der Waals surface area contributed by atoms with Crippen molar-refractivity contribution >= 4 is 22.8 Å². The van der Waals surface area contributed by atoms with E-state index in [0.717, 1.165) is 29.7 Å². The highest BCUT2D eigenvalue weighted by Crippen LogP contribution is 2.29. The van der Waals surface area contributed by atoms with Crippen molar-refractivity contribution in [3.63, 3.8) is 0 Å². The number of hydrogen-bond donors (Lipinski definition) is 3. The van der Waals surface area contributed by atoms with Crippen LogP contribution in [0.15, 0.2) is 60.8 Å². The largest absolute Gasteiger partial charge is 0.389 e. The summed E-state index contributed by atoms with van der Waals surface area (Å²) < 4.78 is 1.74. The van der Waals surface area contributed by atoms with Crippen molar-refractivity contribution in [3.05, 3.63) is 77.7 Å². The van der Waals surface area contributed by atoms with Crippen LogP contribution in [0.3, 0.4) is 0 Å². The molecule has 0 spiro atoms. The second kappa shape index (κ2) is 10.4. The molecule has 2 heterocycles. The van der Waals surface area contributed by atoms with Gasteiger partial charge in [0.1, 0.15) is 0 Å². The van der Waals surface area contributed by atoms with Gasteiger partial charge in [-0.3, -0.25) is 4.79 Å². The van der Waals surface area contributed by atoms with Gasteiger partial charge in [0.2, 0.25) is 0 Å². The summed E-state index contributed by atoms with van der Waals surface area (Å²) in [5.41, 5.74) is 5.10. The van der Waals surface area contributed by atoms with Gasteiger partial charge in [0.05, 0.1) is 34.9 Å². The van der Waals surface area contributed by atoms with Crippen LogP contribution in [0.25, 0.3) is 22.5 Å². The third-order valence-corrected chi connectivity index (χ3v) is 5.97. The molecule has 0 radical (unpaired) electrons. The number of carbonyl (C=O) groups excluding carboxylic acids is 1. The Morgan fingerprint density at radius 1 is 1.35 bits per heavy atom. The van der Waals surface area contributed by atoms with Crippen molar-refractivity contribution in [2.24, 2.45) is 0 Å². The number of nitrogens with one attached hydrogen (secondary N) is 2. The van der Waals surface area contributed by atoms with E-state index in [0.29, 0.717) is 46.3 Å². The van der Waals surface area contributed by atoms with Gasteiger partial charge in [-0.1, -0.05) is 24.8 Å². The number of benzene rings is 1. The molecule has 1 saturated carbocycles. The predicted molar refractivity (Wildman–Crippen MR) is 146 cm³/mol. The zero-order chi connectivity index (χ0) is 26.7. The van der Waals surface area contributed by atoms with Gasteiger partial charge < -0.3 is 15.7 Å². The number of nitriles is 1. The molecule has 3 N–H and O–H groups in total. The Morgan fingerprint density at radius 3 is 2.73 bits per heavy atom. The summed E-state index contributed by atoms with van der Waals surface area (Å²) in [6.45, 7) is 11.3. The van der Waals surface area contributed by atoms with Crippen LogP contribution in [-0.4, -0.2) is 43.8 Å². The van der Waals surface area contributed by atoms with Crippen molar-refractivity contribution in [3.8, 4) is 17.3 Å². The standard InChI is InChI=1S/C29H32N6O2/c1-6-7-20(12-18(2)15-30)24-14-25(32-17-29(4,5)37)27-31-16-26(35(27)34-24)21-8-11-23(19(3)13-21)28(36)33-22-9-10-22/h6-8,11-14,16,22,32,37H,2,9-10,17H2,1,3-5H3,(H,33,36). The lowest BCUT2D eigenvalue weighted by atomic mass is 10.0. The van der Waals surface area contributed by atoms with E-state index in [1.807, 2.05) is 50.3 Å². The highest BCUT2D eigenvalue weighted by molar-refractivity contribution is 5.96. The van der Waals surface area contributed by atoms with Crippen molar-refractivity contribution in [2.75, 3.05) is 11.9 Å². The van der Waals surface area contributed by atoms with E-state index < -0.39 is 5.60 Å². The SMILES string of the molecule is C=C(C#N)C=C(C=CC)c1cc(NCC(C)(C)O)c2ncc(-c3ccc(C(=O)NC4CC4)c(C)c3)n2n1. The molecular weight excluding hydrogens is 464 g/mol. The number of imidazole rings is 1. The molecule has 2 aromatic heterocycles. The van der Waals surface area contributed by atoms with Crippen LogP contribution in [0.1, 0.15) is 55.2 Å². The number of allylic oxidation sites excluding steroid dienone is 5. The van der Waals surface area contributed by atoms with E-state index in [1.165, 1.54) is 0 Å². The second-order valence-electron chi connectivity index (χ2n) is 10.0. The van der Waals surface area contributed by atoms with Crippen molar-refractivity contribution in [1.82, 2.24) is 19.9 Å². The molecule has 0 atom stereocenters. The average Bonchev–Trinajstić information content (AvgIpc) is 3.56. The Kier molecular flexibility index (Phi) is 7.28. The first kappa shape index (κ1) is 25.9. The first-order valence-corrected chi connectivity index (χ1v) is 12.3. The number of aliphatic hydroxyl groups is 1. The Morgan fingerprint density at radius 2 is 2.11 bits per heavy atom. The lowest BCUT2D eigenvalue weighted by Gasteiger charge is -2.19. The fourth-order valence-corrected chi connectivity index (χ4v) is 3.92. The molecule has 1 aromatic carbocycles. The maximum atomic E-state index is 12.6. The van der Waals surface area contributed by atoms with Gasteiger partial charge in [0.15, 0.2) is 5.65 Å². The number of hydrogen-bond acceptors (Lipinski definition) is 6. The van der Waals surface area contributed by atoms with Gasteiger partial charge in [0, 0.05) is 34.9 Å². The molecule has 8 heteroatoms. The summed E-state index contributed by atoms with van der Waals surface area (Å²) in [7, 11) is 0. The minimum Gasteiger partial charge on any atom is -0.389 e. The van der Waals surface area contributed by atoms with Gasteiger partial charge in [-0.15, -0.1) is 0 Å². The zero-order valence-corrected chi connectivity index (χ0v) is 21.7. The number of nitrogens with zero attached hydrogens (tertiary/aromatic N) is 4. The quantitative estimate of drug-likeness (QED) is 0.289. The number of aromatic nitrogens is 3. The Bertz CT molecular complexity index is 1460. The van der Waals surface area contributed by atoms with Crippen LogP contribution in [0.4, 0.5) is 5.69 Å². The zero-order valence-electron chi connectivity index (χ0n) is 21.7. The third kappa shape index (κ3) is 6.13. The summed E-state index contributed by atoms with van der Waals surface area (Å²) in [5, 5.41) is 30.8. The fourth-order valence-electron chi connectivity index (χ4n) is 3.92.